The van der Waals surface area contributed by atoms with Gasteiger partial charge in [-0.25, -0.2) is 9.98 Å². The summed E-state index contributed by atoms with van der Waals surface area (Å²) in [4.78, 5) is 8.98. The zero-order valence-electron chi connectivity index (χ0n) is 11.2. The average molecular weight is 389 g/mol. The molecule has 1 aliphatic rings. The third-order valence-corrected chi connectivity index (χ3v) is 4.07. The monoisotopic (exact) mass is 389 g/mol. The lowest BCUT2D eigenvalue weighted by atomic mass is 10.1. The number of hydrogen-bond donors (Lipinski definition) is 0. The van der Waals surface area contributed by atoms with Gasteiger partial charge in [0, 0.05) is 27.1 Å². The van der Waals surface area contributed by atoms with E-state index in [-0.39, 0.29) is 0 Å². The first-order valence-corrected chi connectivity index (χ1v) is 7.80. The van der Waals surface area contributed by atoms with Gasteiger partial charge >= 0.3 is 0 Å². The number of fused-ring (bicyclic) bond motifs is 1. The van der Waals surface area contributed by atoms with Gasteiger partial charge in [0.15, 0.2) is 0 Å². The topological polar surface area (TPSA) is 38.9 Å². The van der Waals surface area contributed by atoms with Crippen LogP contribution < -0.4 is 0 Å². The molecule has 0 atom stereocenters. The lowest BCUT2D eigenvalue weighted by molar-refractivity contribution is 0.348. The Kier molecular flexibility index (Phi) is 3.14. The quantitative estimate of drug-likeness (QED) is 0.631. The maximum atomic E-state index is 5.48. The molecule has 3 aromatic rings. The summed E-state index contributed by atoms with van der Waals surface area (Å²) in [5, 5.41) is 0. The summed E-state index contributed by atoms with van der Waals surface area (Å²) in [7, 11) is 0. The second-order valence-electron chi connectivity index (χ2n) is 4.85. The molecule has 1 aliphatic heterocycles. The Morgan fingerprint density at radius 2 is 1.81 bits per heavy atom. The van der Waals surface area contributed by atoms with E-state index in [1.54, 1.807) is 0 Å². The third kappa shape index (κ3) is 2.42. The third-order valence-electron chi connectivity index (χ3n) is 3.43. The minimum Gasteiger partial charge on any atom is -0.476 e. The molecule has 0 aliphatic carbocycles. The second-order valence-corrected chi connectivity index (χ2v) is 6.10. The largest absolute Gasteiger partial charge is 0.476 e. The number of halogens is 1. The first-order valence-electron chi connectivity index (χ1n) is 6.72. The Morgan fingerprint density at radius 1 is 1.00 bits per heavy atom. The van der Waals surface area contributed by atoms with Gasteiger partial charge in [-0.15, -0.1) is 0 Å². The standard InChI is InChI=1S/C16H12IN3O/c17-13-5-6-15-19-14(10-20(15)9-13)11-1-3-12(4-2-11)16-18-7-8-21-16/h1-6,9-10H,7-8H2. The number of imidazole rings is 1. The highest BCUT2D eigenvalue weighted by atomic mass is 127. The molecule has 0 N–H and O–H groups in total. The Hall–Kier alpha value is -1.89. The number of ether oxygens (including phenoxy) is 1. The van der Waals surface area contributed by atoms with Crippen LogP contribution in [0.15, 0.2) is 53.8 Å². The maximum Gasteiger partial charge on any atom is 0.216 e. The Labute approximate surface area is 135 Å². The van der Waals surface area contributed by atoms with E-state index >= 15 is 0 Å². The van der Waals surface area contributed by atoms with Crippen molar-refractivity contribution in [3.8, 4) is 11.3 Å². The normalized spacial score (nSPS) is 14.2. The number of aliphatic imine (C=N–C) groups is 1. The molecule has 0 fully saturated rings. The molecular weight excluding hydrogens is 377 g/mol. The second kappa shape index (κ2) is 5.14. The lowest BCUT2D eigenvalue weighted by Gasteiger charge is -2.02. The van der Waals surface area contributed by atoms with E-state index in [0.29, 0.717) is 6.61 Å². The average Bonchev–Trinajstić information content (AvgIpc) is 3.16. The Morgan fingerprint density at radius 3 is 2.57 bits per heavy atom. The zero-order chi connectivity index (χ0) is 14.2. The van der Waals surface area contributed by atoms with E-state index < -0.39 is 0 Å². The molecule has 0 bridgehead atoms. The molecular formula is C16H12IN3O. The first-order chi connectivity index (χ1) is 10.3. The fourth-order valence-corrected chi connectivity index (χ4v) is 2.88. The van der Waals surface area contributed by atoms with Crippen molar-refractivity contribution in [3.05, 3.63) is 57.9 Å². The molecule has 2 aromatic heterocycles. The summed E-state index contributed by atoms with van der Waals surface area (Å²) < 4.78 is 8.72. The summed E-state index contributed by atoms with van der Waals surface area (Å²) in [5.74, 6) is 0.742. The van der Waals surface area contributed by atoms with Gasteiger partial charge in [-0.05, 0) is 46.9 Å². The predicted octanol–water partition coefficient (Wildman–Crippen LogP) is 3.38. The molecule has 0 spiro atoms. The van der Waals surface area contributed by atoms with Crippen LogP contribution in [0.1, 0.15) is 5.56 Å². The summed E-state index contributed by atoms with van der Waals surface area (Å²) in [6.45, 7) is 1.43. The van der Waals surface area contributed by atoms with Crippen LogP contribution in [0.2, 0.25) is 0 Å². The number of hydrogen-bond acceptors (Lipinski definition) is 3. The lowest BCUT2D eigenvalue weighted by Crippen LogP contribution is -2.00. The highest BCUT2D eigenvalue weighted by Crippen LogP contribution is 2.21. The summed E-state index contributed by atoms with van der Waals surface area (Å²) in [6, 6.07) is 12.3. The van der Waals surface area contributed by atoms with Crippen LogP contribution in [0, 0.1) is 3.57 Å². The molecule has 21 heavy (non-hydrogen) atoms. The Balaban J connectivity index is 1.71. The minimum absolute atomic E-state index is 0.683. The summed E-state index contributed by atoms with van der Waals surface area (Å²) in [5.41, 5.74) is 4.04. The molecule has 4 nitrogen and oxygen atoms in total. The summed E-state index contributed by atoms with van der Waals surface area (Å²) in [6.07, 6.45) is 4.12. The van der Waals surface area contributed by atoms with Gasteiger partial charge in [-0.1, -0.05) is 12.1 Å². The fraction of sp³-hybridized carbons (Fsp3) is 0.125. The van der Waals surface area contributed by atoms with Crippen LogP contribution in [0.3, 0.4) is 0 Å². The van der Waals surface area contributed by atoms with Crippen molar-refractivity contribution in [3.63, 3.8) is 0 Å². The van der Waals surface area contributed by atoms with E-state index in [1.807, 2.05) is 18.2 Å². The number of nitrogens with zero attached hydrogens (tertiary/aromatic N) is 3. The smallest absolute Gasteiger partial charge is 0.216 e. The molecule has 3 heterocycles. The number of benzene rings is 1. The van der Waals surface area contributed by atoms with Crippen LogP contribution in [0.4, 0.5) is 0 Å². The van der Waals surface area contributed by atoms with Gasteiger partial charge in [-0.3, -0.25) is 0 Å². The van der Waals surface area contributed by atoms with Crippen molar-refractivity contribution in [1.82, 2.24) is 9.38 Å². The van der Waals surface area contributed by atoms with E-state index in [1.165, 1.54) is 3.57 Å². The molecule has 0 saturated heterocycles. The molecule has 5 heteroatoms. The van der Waals surface area contributed by atoms with Gasteiger partial charge in [0.25, 0.3) is 0 Å². The molecule has 0 amide bonds. The number of rotatable bonds is 2. The molecule has 4 rings (SSSR count). The summed E-state index contributed by atoms with van der Waals surface area (Å²) >= 11 is 2.30. The van der Waals surface area contributed by atoms with Crippen LogP contribution in [-0.4, -0.2) is 28.4 Å². The highest BCUT2D eigenvalue weighted by Gasteiger charge is 2.11. The van der Waals surface area contributed by atoms with E-state index in [0.717, 1.165) is 34.9 Å². The molecule has 0 unspecified atom stereocenters. The van der Waals surface area contributed by atoms with Gasteiger partial charge < -0.3 is 9.14 Å². The van der Waals surface area contributed by atoms with Gasteiger partial charge in [0.05, 0.1) is 12.2 Å². The predicted molar refractivity (Wildman–Crippen MR) is 90.7 cm³/mol. The van der Waals surface area contributed by atoms with Crippen molar-refractivity contribution < 1.29 is 4.74 Å². The van der Waals surface area contributed by atoms with E-state index in [9.17, 15) is 0 Å². The fourth-order valence-electron chi connectivity index (χ4n) is 2.40. The highest BCUT2D eigenvalue weighted by molar-refractivity contribution is 14.1. The van der Waals surface area contributed by atoms with Crippen molar-refractivity contribution in [2.75, 3.05) is 13.2 Å². The van der Waals surface area contributed by atoms with Gasteiger partial charge in [-0.2, -0.15) is 0 Å². The molecule has 0 saturated carbocycles. The van der Waals surface area contributed by atoms with E-state index in [2.05, 4.69) is 67.6 Å². The van der Waals surface area contributed by atoms with E-state index in [4.69, 9.17) is 4.74 Å². The van der Waals surface area contributed by atoms with Crippen molar-refractivity contribution >= 4 is 34.1 Å². The molecule has 0 radical (unpaired) electrons. The van der Waals surface area contributed by atoms with Crippen LogP contribution in [0.5, 0.6) is 0 Å². The minimum atomic E-state index is 0.683. The van der Waals surface area contributed by atoms with Crippen molar-refractivity contribution in [1.29, 1.82) is 0 Å². The molecule has 104 valence electrons. The van der Waals surface area contributed by atoms with Crippen LogP contribution >= 0.6 is 22.6 Å². The van der Waals surface area contributed by atoms with Crippen molar-refractivity contribution in [2.24, 2.45) is 4.99 Å². The maximum absolute atomic E-state index is 5.48. The van der Waals surface area contributed by atoms with Crippen LogP contribution in [0.25, 0.3) is 16.9 Å². The zero-order valence-corrected chi connectivity index (χ0v) is 13.3. The first kappa shape index (κ1) is 12.8. The van der Waals surface area contributed by atoms with Crippen molar-refractivity contribution in [2.45, 2.75) is 0 Å². The van der Waals surface area contributed by atoms with Crippen LogP contribution in [-0.2, 0) is 4.74 Å². The molecule has 1 aromatic carbocycles. The van der Waals surface area contributed by atoms with Gasteiger partial charge in [0.2, 0.25) is 5.90 Å². The Bertz CT molecular complexity index is 836. The number of pyridine rings is 1. The SMILES string of the molecule is Ic1ccc2nc(-c3ccc(C4=NCCO4)cc3)cn2c1. The number of aromatic nitrogens is 2. The van der Waals surface area contributed by atoms with Gasteiger partial charge in [0.1, 0.15) is 12.3 Å².